The third-order valence-corrected chi connectivity index (χ3v) is 9.56. The highest BCUT2D eigenvalue weighted by atomic mass is 32.1. The van der Waals surface area contributed by atoms with Gasteiger partial charge in [0, 0.05) is 37.3 Å². The van der Waals surface area contributed by atoms with Crippen molar-refractivity contribution in [2.75, 3.05) is 32.7 Å². The number of piperidine rings is 1. The fraction of sp³-hybridized carbons (Fsp3) is 0.600. The lowest BCUT2D eigenvalue weighted by Gasteiger charge is -2.54. The van der Waals surface area contributed by atoms with Gasteiger partial charge >= 0.3 is 0 Å². The van der Waals surface area contributed by atoms with Crippen LogP contribution in [-0.4, -0.2) is 88.4 Å². The minimum absolute atomic E-state index is 0.150. The van der Waals surface area contributed by atoms with E-state index in [2.05, 4.69) is 5.32 Å². The molecule has 1 aromatic carbocycles. The Morgan fingerprint density at radius 2 is 1.70 bits per heavy atom. The van der Waals surface area contributed by atoms with Crippen LogP contribution in [0.5, 0.6) is 0 Å². The molecule has 0 radical (unpaired) electrons. The van der Waals surface area contributed by atoms with Crippen LogP contribution in [0.4, 0.5) is 4.79 Å². The summed E-state index contributed by atoms with van der Waals surface area (Å²) < 4.78 is 0.650. The van der Waals surface area contributed by atoms with Crippen molar-refractivity contribution in [3.8, 4) is 0 Å². The zero-order valence-corrected chi connectivity index (χ0v) is 25.1. The van der Waals surface area contributed by atoms with E-state index in [1.807, 2.05) is 65.0 Å². The zero-order chi connectivity index (χ0) is 29.2. The summed E-state index contributed by atoms with van der Waals surface area (Å²) in [6.45, 7) is 11.3. The Morgan fingerprint density at radius 1 is 1.05 bits per heavy atom. The summed E-state index contributed by atoms with van der Waals surface area (Å²) in [4.78, 5) is 56.9. The van der Waals surface area contributed by atoms with E-state index in [9.17, 15) is 24.3 Å². The molecule has 0 spiro atoms. The van der Waals surface area contributed by atoms with Gasteiger partial charge in [-0.25, -0.2) is 0 Å². The van der Waals surface area contributed by atoms with Crippen molar-refractivity contribution in [2.45, 2.75) is 77.9 Å². The number of hydrogen-bond donors (Lipinski definition) is 1. The highest BCUT2D eigenvalue weighted by molar-refractivity contribution is 7.20. The second-order valence-electron chi connectivity index (χ2n) is 12.5. The third-order valence-electron chi connectivity index (χ3n) is 8.44. The van der Waals surface area contributed by atoms with Gasteiger partial charge in [0.1, 0.15) is 6.04 Å². The van der Waals surface area contributed by atoms with Gasteiger partial charge in [-0.15, -0.1) is 11.3 Å². The number of nitrogens with zero attached hydrogens (tertiary/aromatic N) is 3. The molecule has 2 fully saturated rings. The van der Waals surface area contributed by atoms with Crippen LogP contribution in [0.3, 0.4) is 0 Å². The van der Waals surface area contributed by atoms with Crippen molar-refractivity contribution in [3.05, 3.63) is 35.2 Å². The molecule has 1 aromatic heterocycles. The summed E-state index contributed by atoms with van der Waals surface area (Å²) in [7, 11) is 0. The molecule has 1 unspecified atom stereocenters. The van der Waals surface area contributed by atoms with E-state index in [-0.39, 0.29) is 28.1 Å². The highest BCUT2D eigenvalue weighted by Crippen LogP contribution is 2.36. The molecule has 2 aromatic rings. The topological polar surface area (TPSA) is 110 Å². The summed E-state index contributed by atoms with van der Waals surface area (Å²) >= 11 is 1.41. The number of nitrogens with one attached hydrogen (secondary N) is 1. The maximum absolute atomic E-state index is 13.7. The van der Waals surface area contributed by atoms with Crippen molar-refractivity contribution in [1.82, 2.24) is 15.1 Å². The maximum Gasteiger partial charge on any atom is 0.281 e. The normalized spacial score (nSPS) is 22.8. The molecule has 1 N–H and O–H groups in total. The standard InChI is InChI=1S/C30H42N4O5S/c1-20(2)18-22(31-26(35)25-19-21-10-6-7-12-24(21)40-25)27(36)32-13-15-33(16-14-32)28(37)23-11-8-9-17-34(23,29(38)39)30(3,4)5/h6-7,10,12,19-20,22-23H,8-9,11,13-18H2,1-5H3,(H-,31,35,38,39)/t22-,23+,34?/m0/s1. The molecule has 3 heterocycles. The van der Waals surface area contributed by atoms with Crippen molar-refractivity contribution in [2.24, 2.45) is 5.92 Å². The van der Waals surface area contributed by atoms with Gasteiger partial charge < -0.3 is 25.0 Å². The van der Waals surface area contributed by atoms with Gasteiger partial charge in [-0.2, -0.15) is 0 Å². The lowest BCUT2D eigenvalue weighted by Crippen LogP contribution is -2.76. The van der Waals surface area contributed by atoms with Gasteiger partial charge in [0.05, 0.1) is 17.0 Å². The fourth-order valence-electron chi connectivity index (χ4n) is 6.28. The Balaban J connectivity index is 1.43. The van der Waals surface area contributed by atoms with Crippen LogP contribution in [0.15, 0.2) is 30.3 Å². The molecule has 4 rings (SSSR count). The van der Waals surface area contributed by atoms with Crippen LogP contribution in [-0.2, 0) is 9.59 Å². The monoisotopic (exact) mass is 570 g/mol. The van der Waals surface area contributed by atoms with Crippen molar-refractivity contribution in [3.63, 3.8) is 0 Å². The van der Waals surface area contributed by atoms with E-state index >= 15 is 0 Å². The number of carboxylic acid groups (broad SMARTS) is 1. The zero-order valence-electron chi connectivity index (χ0n) is 24.3. The number of hydrogen-bond acceptors (Lipinski definition) is 6. The van der Waals surface area contributed by atoms with Crippen LogP contribution in [0.2, 0.25) is 0 Å². The second-order valence-corrected chi connectivity index (χ2v) is 13.6. The lowest BCUT2D eigenvalue weighted by atomic mass is 9.89. The first kappa shape index (κ1) is 30.0. The number of thiophene rings is 1. The molecule has 3 atom stereocenters. The number of rotatable bonds is 6. The highest BCUT2D eigenvalue weighted by Gasteiger charge is 2.54. The fourth-order valence-corrected chi connectivity index (χ4v) is 7.24. The summed E-state index contributed by atoms with van der Waals surface area (Å²) in [6.07, 6.45) is 1.35. The number of carbonyl (C=O) groups excluding carboxylic acids is 4. The first-order chi connectivity index (χ1) is 18.8. The third kappa shape index (κ3) is 5.88. The first-order valence-electron chi connectivity index (χ1n) is 14.3. The molecule has 0 saturated carbocycles. The molecule has 2 saturated heterocycles. The van der Waals surface area contributed by atoms with Crippen molar-refractivity contribution < 1.29 is 28.8 Å². The molecule has 0 aliphatic carbocycles. The van der Waals surface area contributed by atoms with Gasteiger partial charge in [0.25, 0.3) is 17.9 Å². The van der Waals surface area contributed by atoms with Gasteiger partial charge in [-0.3, -0.25) is 18.9 Å². The average molecular weight is 571 g/mol. The number of carbonyl (C=O) groups is 4. The van der Waals surface area contributed by atoms with Crippen LogP contribution in [0.25, 0.3) is 10.1 Å². The number of benzene rings is 1. The van der Waals surface area contributed by atoms with Gasteiger partial charge in [-0.1, -0.05) is 32.0 Å². The smallest absolute Gasteiger partial charge is 0.281 e. The summed E-state index contributed by atoms with van der Waals surface area (Å²) in [5.74, 6) is -0.395. The molecule has 40 heavy (non-hydrogen) atoms. The predicted octanol–water partition coefficient (Wildman–Crippen LogP) is 3.23. The Kier molecular flexibility index (Phi) is 8.89. The van der Waals surface area contributed by atoms with Crippen molar-refractivity contribution >= 4 is 45.2 Å². The summed E-state index contributed by atoms with van der Waals surface area (Å²) in [5, 5.41) is 16.4. The first-order valence-corrected chi connectivity index (χ1v) is 15.1. The second kappa shape index (κ2) is 11.9. The summed E-state index contributed by atoms with van der Waals surface area (Å²) in [6, 6.07) is 8.29. The number of quaternary nitrogens is 1. The molecular weight excluding hydrogens is 528 g/mol. The number of amides is 4. The van der Waals surface area contributed by atoms with E-state index in [0.29, 0.717) is 50.4 Å². The molecule has 4 amide bonds. The number of piperazine rings is 1. The van der Waals surface area contributed by atoms with E-state index in [1.54, 1.807) is 9.80 Å². The Morgan fingerprint density at radius 3 is 2.30 bits per heavy atom. The minimum Gasteiger partial charge on any atom is -0.498 e. The van der Waals surface area contributed by atoms with E-state index < -0.39 is 23.7 Å². The molecule has 0 bridgehead atoms. The summed E-state index contributed by atoms with van der Waals surface area (Å²) in [5.41, 5.74) is -0.686. The molecule has 218 valence electrons. The average Bonchev–Trinajstić information content (AvgIpc) is 3.35. The number of likely N-dealkylation sites (tertiary alicyclic amines) is 1. The van der Waals surface area contributed by atoms with E-state index in [4.69, 9.17) is 0 Å². The largest absolute Gasteiger partial charge is 0.498 e. The lowest BCUT2D eigenvalue weighted by molar-refractivity contribution is -0.938. The Labute approximate surface area is 240 Å². The Hall–Kier alpha value is -2.98. The molecule has 10 heteroatoms. The SMILES string of the molecule is CC(C)C[C@H](NC(=O)c1cc2ccccc2s1)C(=O)N1CCN(C(=O)[C@H]2CCCC[N+]2(C(=O)[O-])C(C)(C)C)CC1. The van der Waals surface area contributed by atoms with Crippen molar-refractivity contribution in [1.29, 1.82) is 0 Å². The molecule has 2 aliphatic heterocycles. The van der Waals surface area contributed by atoms with Crippen LogP contribution in [0.1, 0.15) is 70.0 Å². The predicted molar refractivity (Wildman–Crippen MR) is 154 cm³/mol. The van der Waals surface area contributed by atoms with Gasteiger partial charge in [0.15, 0.2) is 6.04 Å². The molecular formula is C30H42N4O5S. The van der Waals surface area contributed by atoms with Gasteiger partial charge in [-0.05, 0) is 63.5 Å². The Bertz CT molecular complexity index is 1230. The van der Waals surface area contributed by atoms with Crippen LogP contribution >= 0.6 is 11.3 Å². The maximum atomic E-state index is 13.7. The molecule has 9 nitrogen and oxygen atoms in total. The minimum atomic E-state index is -1.20. The van der Waals surface area contributed by atoms with Crippen LogP contribution in [0, 0.1) is 5.92 Å². The molecule has 2 aliphatic rings. The number of fused-ring (bicyclic) bond motifs is 1. The van der Waals surface area contributed by atoms with Crippen LogP contribution < -0.4 is 10.4 Å². The van der Waals surface area contributed by atoms with Gasteiger partial charge in [0.2, 0.25) is 5.91 Å². The van der Waals surface area contributed by atoms with E-state index in [1.165, 1.54) is 11.3 Å². The van der Waals surface area contributed by atoms with E-state index in [0.717, 1.165) is 22.9 Å². The quantitative estimate of drug-likeness (QED) is 0.537.